The van der Waals surface area contributed by atoms with Crippen molar-refractivity contribution in [2.75, 3.05) is 41.0 Å². The van der Waals surface area contributed by atoms with Crippen LogP contribution in [-0.2, 0) is 28.6 Å². The van der Waals surface area contributed by atoms with E-state index in [1.807, 2.05) is 0 Å². The number of unbranched alkanes of at least 4 members (excludes halogenated alkanes) is 9. The maximum Gasteiger partial charge on any atom is 0.306 e. The predicted octanol–water partition coefficient (Wildman–Crippen LogP) is 12.3. The lowest BCUT2D eigenvalue weighted by atomic mass is 10.1. The summed E-state index contributed by atoms with van der Waals surface area (Å²) in [6.45, 7) is 4.36. The van der Waals surface area contributed by atoms with Crippen LogP contribution in [0.3, 0.4) is 0 Å². The summed E-state index contributed by atoms with van der Waals surface area (Å²) in [4.78, 5) is 37.0. The van der Waals surface area contributed by atoms with E-state index in [4.69, 9.17) is 14.2 Å². The molecule has 0 aromatic heterocycles. The van der Waals surface area contributed by atoms with Gasteiger partial charge in [-0.3, -0.25) is 9.59 Å². The fourth-order valence-electron chi connectivity index (χ4n) is 6.26. The molecule has 0 bridgehead atoms. The molecular weight excluding hydrogens is 775 g/mol. The SMILES string of the molecule is CC/C=C/C/C=C/C/C=C/C/C=C/C/C=C/CCCCCCCCC(=O)OC(COCCC(C(=O)[O-])[N+](C)(C)C)COC(=O)CCCCC/C=C/C/C=C/C/C=C/C/C=C/CC. The molecule has 0 rings (SSSR count). The first-order chi connectivity index (χ1) is 30.1. The summed E-state index contributed by atoms with van der Waals surface area (Å²) in [7, 11) is 5.38. The van der Waals surface area contributed by atoms with Gasteiger partial charge in [0, 0.05) is 19.3 Å². The van der Waals surface area contributed by atoms with Crippen LogP contribution in [0.15, 0.2) is 109 Å². The van der Waals surface area contributed by atoms with Crippen molar-refractivity contribution in [3.8, 4) is 0 Å². The quantitative estimate of drug-likeness (QED) is 0.0261. The molecule has 8 nitrogen and oxygen atoms in total. The van der Waals surface area contributed by atoms with Crippen LogP contribution in [0.1, 0.15) is 162 Å². The topological polar surface area (TPSA) is 102 Å². The molecule has 2 unspecified atom stereocenters. The Bertz CT molecular complexity index is 1370. The monoisotopic (exact) mass is 862 g/mol. The molecule has 0 N–H and O–H groups in total. The van der Waals surface area contributed by atoms with Gasteiger partial charge in [0.1, 0.15) is 12.6 Å². The second kappa shape index (κ2) is 43.6. The number of carbonyl (C=O) groups is 3. The van der Waals surface area contributed by atoms with Crippen molar-refractivity contribution in [2.45, 2.75) is 174 Å². The highest BCUT2D eigenvalue weighted by Crippen LogP contribution is 2.12. The smallest absolute Gasteiger partial charge is 0.306 e. The average molecular weight is 862 g/mol. The summed E-state index contributed by atoms with van der Waals surface area (Å²) in [6, 6.07) is -0.741. The van der Waals surface area contributed by atoms with Gasteiger partial charge in [0.15, 0.2) is 6.10 Å². The first-order valence-electron chi connectivity index (χ1n) is 23.9. The molecule has 0 aromatic rings. The molecule has 62 heavy (non-hydrogen) atoms. The van der Waals surface area contributed by atoms with E-state index in [1.165, 1.54) is 6.42 Å². The molecule has 350 valence electrons. The van der Waals surface area contributed by atoms with E-state index in [0.717, 1.165) is 122 Å². The molecule has 0 heterocycles. The Kier molecular flexibility index (Phi) is 40.8. The highest BCUT2D eigenvalue weighted by molar-refractivity contribution is 5.70. The van der Waals surface area contributed by atoms with E-state index in [0.29, 0.717) is 6.42 Å². The van der Waals surface area contributed by atoms with E-state index in [-0.39, 0.29) is 49.1 Å². The summed E-state index contributed by atoms with van der Waals surface area (Å²) in [5, 5.41) is 11.6. The second-order valence-electron chi connectivity index (χ2n) is 16.6. The molecule has 0 radical (unpaired) electrons. The van der Waals surface area contributed by atoms with Crippen LogP contribution in [0, 0.1) is 0 Å². The van der Waals surface area contributed by atoms with Gasteiger partial charge in [0.2, 0.25) is 0 Å². The second-order valence-corrected chi connectivity index (χ2v) is 16.6. The van der Waals surface area contributed by atoms with E-state index >= 15 is 0 Å². The number of carboxylic acid groups (broad SMARTS) is 1. The van der Waals surface area contributed by atoms with Crippen molar-refractivity contribution in [1.29, 1.82) is 0 Å². The lowest BCUT2D eigenvalue weighted by Crippen LogP contribution is -2.55. The van der Waals surface area contributed by atoms with Crippen molar-refractivity contribution in [3.05, 3.63) is 109 Å². The number of esters is 2. The molecule has 0 aliphatic heterocycles. The summed E-state index contributed by atoms with van der Waals surface area (Å²) < 4.78 is 17.2. The Morgan fingerprint density at radius 1 is 0.484 bits per heavy atom. The summed E-state index contributed by atoms with van der Waals surface area (Å²) >= 11 is 0. The molecule has 0 aromatic carbocycles. The standard InChI is InChI=1S/C54H87NO7/c1-6-8-10-12-14-16-18-20-22-24-25-26-27-28-29-31-33-35-37-39-41-43-45-53(57)62-50(48-60-47-46-51(54(58)59)55(3,4)5)49-61-52(56)44-42-40-38-36-34-32-30-23-21-19-17-15-13-11-9-7-2/h8-11,14-17,20-23,25-26,28-29,32,34,50-51H,6-7,12-13,18-19,24,27,30-31,33,35-49H2,1-5H3/b10-8+,11-9+,16-14+,17-15+,22-20+,23-21+,26-25+,29-28+,34-32+. The van der Waals surface area contributed by atoms with Gasteiger partial charge >= 0.3 is 11.9 Å². The molecule has 2 atom stereocenters. The Hall–Kier alpha value is -4.01. The number of rotatable bonds is 41. The third kappa shape index (κ3) is 41.3. The zero-order valence-electron chi connectivity index (χ0n) is 39.7. The fourth-order valence-corrected chi connectivity index (χ4v) is 6.26. The number of carbonyl (C=O) groups excluding carboxylic acids is 3. The molecule has 0 saturated carbocycles. The van der Waals surface area contributed by atoms with Crippen LogP contribution in [0.2, 0.25) is 0 Å². The van der Waals surface area contributed by atoms with Crippen LogP contribution in [-0.4, -0.2) is 75.5 Å². The lowest BCUT2D eigenvalue weighted by Gasteiger charge is -2.34. The average Bonchev–Trinajstić information content (AvgIpc) is 3.23. The van der Waals surface area contributed by atoms with Gasteiger partial charge in [-0.1, -0.05) is 155 Å². The number of nitrogens with zero attached hydrogens (tertiary/aromatic N) is 1. The lowest BCUT2D eigenvalue weighted by molar-refractivity contribution is -0.889. The number of hydrogen-bond donors (Lipinski definition) is 0. The molecule has 0 saturated heterocycles. The van der Waals surface area contributed by atoms with Gasteiger partial charge in [-0.05, 0) is 96.3 Å². The minimum Gasteiger partial charge on any atom is -0.544 e. The van der Waals surface area contributed by atoms with Crippen LogP contribution in [0.5, 0.6) is 0 Å². The zero-order valence-corrected chi connectivity index (χ0v) is 39.7. The molecule has 8 heteroatoms. The van der Waals surface area contributed by atoms with Crippen LogP contribution >= 0.6 is 0 Å². The summed E-state index contributed by atoms with van der Waals surface area (Å²) in [5.41, 5.74) is 0. The van der Waals surface area contributed by atoms with Gasteiger partial charge in [-0.2, -0.15) is 0 Å². The Morgan fingerprint density at radius 2 is 0.855 bits per heavy atom. The number of allylic oxidation sites excluding steroid dienone is 18. The van der Waals surface area contributed by atoms with Gasteiger partial charge in [-0.15, -0.1) is 0 Å². The van der Waals surface area contributed by atoms with E-state index in [1.54, 1.807) is 21.1 Å². The fraction of sp³-hybridized carbons (Fsp3) is 0.611. The van der Waals surface area contributed by atoms with E-state index < -0.39 is 18.1 Å². The normalized spacial score (nSPS) is 13.9. The Labute approximate surface area is 378 Å². The third-order valence-corrected chi connectivity index (χ3v) is 9.90. The van der Waals surface area contributed by atoms with Crippen molar-refractivity contribution < 1.29 is 38.2 Å². The van der Waals surface area contributed by atoms with Crippen molar-refractivity contribution in [1.82, 2.24) is 0 Å². The molecular formula is C54H87NO7. The molecule has 0 aliphatic carbocycles. The molecule has 0 fully saturated rings. The zero-order chi connectivity index (χ0) is 45.6. The van der Waals surface area contributed by atoms with Crippen LogP contribution < -0.4 is 5.11 Å². The number of carboxylic acids is 1. The van der Waals surface area contributed by atoms with E-state index in [2.05, 4.69) is 123 Å². The van der Waals surface area contributed by atoms with E-state index in [9.17, 15) is 19.5 Å². The predicted molar refractivity (Wildman–Crippen MR) is 258 cm³/mol. The minimum atomic E-state index is -1.14. The van der Waals surface area contributed by atoms with Crippen LogP contribution in [0.25, 0.3) is 0 Å². The highest BCUT2D eigenvalue weighted by atomic mass is 16.6. The third-order valence-electron chi connectivity index (χ3n) is 9.90. The number of hydrogen-bond acceptors (Lipinski definition) is 7. The van der Waals surface area contributed by atoms with Crippen LogP contribution in [0.4, 0.5) is 0 Å². The number of aliphatic carboxylic acids is 1. The largest absolute Gasteiger partial charge is 0.544 e. The first kappa shape index (κ1) is 58.0. The van der Waals surface area contributed by atoms with Gasteiger partial charge in [0.05, 0.1) is 40.3 Å². The number of ether oxygens (including phenoxy) is 3. The highest BCUT2D eigenvalue weighted by Gasteiger charge is 2.25. The molecule has 0 aliphatic rings. The van der Waals surface area contributed by atoms with Crippen molar-refractivity contribution >= 4 is 17.9 Å². The van der Waals surface area contributed by atoms with Crippen molar-refractivity contribution in [3.63, 3.8) is 0 Å². The molecule has 0 amide bonds. The number of likely N-dealkylation sites (N-methyl/N-ethyl adjacent to an activating group) is 1. The Balaban J connectivity index is 4.39. The van der Waals surface area contributed by atoms with Gasteiger partial charge < -0.3 is 28.6 Å². The maximum atomic E-state index is 12.8. The number of quaternary nitrogens is 1. The van der Waals surface area contributed by atoms with Gasteiger partial charge in [-0.25, -0.2) is 0 Å². The minimum absolute atomic E-state index is 0.0166. The van der Waals surface area contributed by atoms with Crippen molar-refractivity contribution in [2.24, 2.45) is 0 Å². The maximum absolute atomic E-state index is 12.8. The summed E-state index contributed by atoms with van der Waals surface area (Å²) in [6.07, 6.45) is 59.7. The van der Waals surface area contributed by atoms with Gasteiger partial charge in [0.25, 0.3) is 0 Å². The molecule has 0 spiro atoms. The Morgan fingerprint density at radius 3 is 1.27 bits per heavy atom. The summed E-state index contributed by atoms with van der Waals surface area (Å²) in [5.74, 6) is -1.81. The first-order valence-corrected chi connectivity index (χ1v) is 23.9.